The van der Waals surface area contributed by atoms with Crippen LogP contribution in [0.2, 0.25) is 0 Å². The highest BCUT2D eigenvalue weighted by molar-refractivity contribution is 7.99. The van der Waals surface area contributed by atoms with Gasteiger partial charge in [-0.1, -0.05) is 42.1 Å². The number of aromatic nitrogens is 3. The summed E-state index contributed by atoms with van der Waals surface area (Å²) in [5, 5.41) is 10.2. The van der Waals surface area contributed by atoms with Crippen LogP contribution >= 0.6 is 11.8 Å². The number of benzene rings is 2. The summed E-state index contributed by atoms with van der Waals surface area (Å²) in [6.45, 7) is 2.75. The van der Waals surface area contributed by atoms with Crippen LogP contribution in [-0.2, 0) is 17.8 Å². The summed E-state index contributed by atoms with van der Waals surface area (Å²) in [7, 11) is 0. The minimum atomic E-state index is -0.264. The summed E-state index contributed by atoms with van der Waals surface area (Å²) in [4.78, 5) is 16.3. The number of ether oxygens (including phenoxy) is 1. The number of amides is 1. The van der Waals surface area contributed by atoms with Gasteiger partial charge in [0.25, 0.3) is 0 Å². The Morgan fingerprint density at radius 1 is 1.21 bits per heavy atom. The molecule has 8 heteroatoms. The number of carbonyl (C=O) groups excluding carboxylic acids is 1. The van der Waals surface area contributed by atoms with E-state index in [-0.39, 0.29) is 24.1 Å². The number of halogens is 1. The smallest absolute Gasteiger partial charge is 0.230 e. The van der Waals surface area contributed by atoms with Crippen LogP contribution in [0.3, 0.4) is 0 Å². The van der Waals surface area contributed by atoms with Crippen LogP contribution in [0.15, 0.2) is 53.7 Å². The zero-order valence-corrected chi connectivity index (χ0v) is 16.3. The van der Waals surface area contributed by atoms with Gasteiger partial charge in [-0.3, -0.25) is 9.89 Å². The number of hydrogen-bond donors (Lipinski definition) is 2. The van der Waals surface area contributed by atoms with Gasteiger partial charge in [0.2, 0.25) is 11.1 Å². The van der Waals surface area contributed by atoms with Crippen LogP contribution in [0.4, 0.5) is 4.39 Å². The van der Waals surface area contributed by atoms with Crippen molar-refractivity contribution in [2.24, 2.45) is 0 Å². The molecule has 28 heavy (non-hydrogen) atoms. The van der Waals surface area contributed by atoms with E-state index < -0.39 is 0 Å². The minimum Gasteiger partial charge on any atom is -0.485 e. The van der Waals surface area contributed by atoms with Gasteiger partial charge >= 0.3 is 0 Å². The predicted octanol–water partition coefficient (Wildman–Crippen LogP) is 3.28. The zero-order valence-electron chi connectivity index (χ0n) is 15.4. The second-order valence-electron chi connectivity index (χ2n) is 6.13. The Morgan fingerprint density at radius 2 is 2.00 bits per heavy atom. The van der Waals surface area contributed by atoms with Crippen molar-refractivity contribution < 1.29 is 13.9 Å². The fraction of sp³-hybridized carbons (Fsp3) is 0.250. The van der Waals surface area contributed by atoms with E-state index in [0.717, 1.165) is 16.9 Å². The Kier molecular flexibility index (Phi) is 7.02. The van der Waals surface area contributed by atoms with Crippen LogP contribution in [0.1, 0.15) is 17.0 Å². The van der Waals surface area contributed by atoms with E-state index in [2.05, 4.69) is 20.5 Å². The van der Waals surface area contributed by atoms with Crippen LogP contribution in [0, 0.1) is 12.7 Å². The molecule has 0 radical (unpaired) electrons. The Labute approximate surface area is 166 Å². The predicted molar refractivity (Wildman–Crippen MR) is 106 cm³/mol. The Morgan fingerprint density at radius 3 is 2.79 bits per heavy atom. The molecule has 0 aliphatic heterocycles. The number of para-hydroxylation sites is 1. The van der Waals surface area contributed by atoms with Gasteiger partial charge in [-0.25, -0.2) is 9.37 Å². The molecule has 0 spiro atoms. The third kappa shape index (κ3) is 6.09. The molecule has 1 amide bonds. The standard InChI is InChI=1S/C20H21FN4O2S/c1-14-4-2-3-5-17(14)27-12-18-23-20(25-24-18)28-13-19(26)22-11-10-15-6-8-16(21)9-7-15/h2-9H,10-13H2,1H3,(H,22,26)(H,23,24,25). The SMILES string of the molecule is Cc1ccccc1OCc1nc(SCC(=O)NCCc2ccc(F)cc2)n[nH]1. The molecular formula is C20H21FN4O2S. The normalized spacial score (nSPS) is 10.6. The number of thioether (sulfide) groups is 1. The number of aromatic amines is 1. The molecule has 1 heterocycles. The van der Waals surface area contributed by atoms with Gasteiger partial charge in [-0.05, 0) is 42.7 Å². The van der Waals surface area contributed by atoms with Crippen LogP contribution in [0.25, 0.3) is 0 Å². The van der Waals surface area contributed by atoms with E-state index in [1.807, 2.05) is 31.2 Å². The number of aryl methyl sites for hydroxylation is 1. The highest BCUT2D eigenvalue weighted by Gasteiger charge is 2.08. The molecule has 1 aromatic heterocycles. The molecule has 0 bridgehead atoms. The van der Waals surface area contributed by atoms with Crippen molar-refractivity contribution in [2.75, 3.05) is 12.3 Å². The third-order valence-electron chi connectivity index (χ3n) is 3.95. The van der Waals surface area contributed by atoms with Gasteiger partial charge in [0, 0.05) is 6.54 Å². The first-order valence-electron chi connectivity index (χ1n) is 8.84. The average Bonchev–Trinajstić information content (AvgIpc) is 3.15. The van der Waals surface area contributed by atoms with Gasteiger partial charge in [0.05, 0.1) is 5.75 Å². The Bertz CT molecular complexity index is 915. The summed E-state index contributed by atoms with van der Waals surface area (Å²) in [6.07, 6.45) is 0.651. The molecule has 6 nitrogen and oxygen atoms in total. The summed E-state index contributed by atoms with van der Waals surface area (Å²) >= 11 is 1.25. The summed E-state index contributed by atoms with van der Waals surface area (Å²) in [5.74, 6) is 1.25. The van der Waals surface area contributed by atoms with Crippen molar-refractivity contribution in [2.45, 2.75) is 25.1 Å². The Balaban J connectivity index is 1.37. The third-order valence-corrected chi connectivity index (χ3v) is 4.80. The lowest BCUT2D eigenvalue weighted by Crippen LogP contribution is -2.27. The molecule has 0 fully saturated rings. The molecule has 3 rings (SSSR count). The zero-order chi connectivity index (χ0) is 19.8. The monoisotopic (exact) mass is 400 g/mol. The number of carbonyl (C=O) groups is 1. The Hall–Kier alpha value is -2.87. The van der Waals surface area contributed by atoms with Crippen LogP contribution in [-0.4, -0.2) is 33.4 Å². The number of H-pyrrole nitrogens is 1. The molecule has 0 saturated heterocycles. The van der Waals surface area contributed by atoms with Gasteiger partial charge in [0.1, 0.15) is 18.2 Å². The maximum absolute atomic E-state index is 12.9. The van der Waals surface area contributed by atoms with Crippen molar-refractivity contribution in [1.82, 2.24) is 20.5 Å². The first-order chi connectivity index (χ1) is 13.6. The molecule has 0 aliphatic rings. The molecule has 2 N–H and O–H groups in total. The highest BCUT2D eigenvalue weighted by atomic mass is 32.2. The van der Waals surface area contributed by atoms with E-state index in [9.17, 15) is 9.18 Å². The average molecular weight is 400 g/mol. The maximum Gasteiger partial charge on any atom is 0.230 e. The van der Waals surface area contributed by atoms with Crippen molar-refractivity contribution in [3.05, 3.63) is 71.3 Å². The molecule has 0 atom stereocenters. The van der Waals surface area contributed by atoms with Crippen molar-refractivity contribution in [3.8, 4) is 5.75 Å². The molecular weight excluding hydrogens is 379 g/mol. The van der Waals surface area contributed by atoms with Crippen molar-refractivity contribution in [3.63, 3.8) is 0 Å². The minimum absolute atomic E-state index is 0.102. The second-order valence-corrected chi connectivity index (χ2v) is 7.08. The van der Waals surface area contributed by atoms with E-state index in [0.29, 0.717) is 23.9 Å². The first kappa shape index (κ1) is 19.9. The van der Waals surface area contributed by atoms with Gasteiger partial charge in [-0.15, -0.1) is 5.10 Å². The van der Waals surface area contributed by atoms with Crippen molar-refractivity contribution in [1.29, 1.82) is 0 Å². The summed E-state index contributed by atoms with van der Waals surface area (Å²) in [5.41, 5.74) is 2.02. The maximum atomic E-state index is 12.9. The van der Waals surface area contributed by atoms with Gasteiger partial charge < -0.3 is 10.1 Å². The molecule has 2 aromatic carbocycles. The van der Waals surface area contributed by atoms with E-state index in [1.54, 1.807) is 12.1 Å². The molecule has 0 unspecified atom stereocenters. The number of nitrogens with zero attached hydrogens (tertiary/aromatic N) is 2. The lowest BCUT2D eigenvalue weighted by molar-refractivity contribution is -0.118. The summed E-state index contributed by atoms with van der Waals surface area (Å²) < 4.78 is 18.6. The fourth-order valence-electron chi connectivity index (χ4n) is 2.45. The van der Waals surface area contributed by atoms with Crippen molar-refractivity contribution >= 4 is 17.7 Å². The highest BCUT2D eigenvalue weighted by Crippen LogP contribution is 2.18. The second kappa shape index (κ2) is 9.89. The van der Waals surface area contributed by atoms with Crippen LogP contribution in [0.5, 0.6) is 5.75 Å². The van der Waals surface area contributed by atoms with E-state index in [4.69, 9.17) is 4.74 Å². The topological polar surface area (TPSA) is 79.9 Å². The molecule has 0 saturated carbocycles. The van der Waals surface area contributed by atoms with Gasteiger partial charge in [-0.2, -0.15) is 0 Å². The lowest BCUT2D eigenvalue weighted by Gasteiger charge is -2.06. The van der Waals surface area contributed by atoms with Gasteiger partial charge in [0.15, 0.2) is 5.82 Å². The number of nitrogens with one attached hydrogen (secondary N) is 2. The number of rotatable bonds is 9. The van der Waals surface area contributed by atoms with E-state index >= 15 is 0 Å². The first-order valence-corrected chi connectivity index (χ1v) is 9.82. The van der Waals surface area contributed by atoms with Crippen LogP contribution < -0.4 is 10.1 Å². The summed E-state index contributed by atoms with van der Waals surface area (Å²) in [6, 6.07) is 14.0. The number of hydrogen-bond acceptors (Lipinski definition) is 5. The fourth-order valence-corrected chi connectivity index (χ4v) is 3.10. The lowest BCUT2D eigenvalue weighted by atomic mass is 10.1. The quantitative estimate of drug-likeness (QED) is 0.539. The molecule has 146 valence electrons. The molecule has 0 aliphatic carbocycles. The van der Waals surface area contributed by atoms with E-state index in [1.165, 1.54) is 23.9 Å². The molecule has 3 aromatic rings. The largest absolute Gasteiger partial charge is 0.485 e.